The van der Waals surface area contributed by atoms with Crippen LogP contribution < -0.4 is 0 Å². The molecule has 2 atom stereocenters. The molecule has 1 aliphatic rings. The van der Waals surface area contributed by atoms with Crippen molar-refractivity contribution in [1.82, 2.24) is 9.13 Å². The van der Waals surface area contributed by atoms with Gasteiger partial charge in [0.1, 0.15) is 12.1 Å². The van der Waals surface area contributed by atoms with E-state index in [0.29, 0.717) is 11.1 Å². The summed E-state index contributed by atoms with van der Waals surface area (Å²) in [6, 6.07) is 17.4. The van der Waals surface area contributed by atoms with Crippen molar-refractivity contribution in [3.8, 4) is 12.1 Å². The Morgan fingerprint density at radius 2 is 1.38 bits per heavy atom. The zero-order valence-electron chi connectivity index (χ0n) is 18.3. The highest BCUT2D eigenvalue weighted by Crippen LogP contribution is 2.48. The maximum Gasteiger partial charge on any atom is 0.101 e. The predicted molar refractivity (Wildman–Crippen MR) is 127 cm³/mol. The Kier molecular flexibility index (Phi) is 3.76. The van der Waals surface area contributed by atoms with E-state index < -0.39 is 0 Å². The number of benzene rings is 3. The van der Waals surface area contributed by atoms with E-state index in [-0.39, 0.29) is 18.7 Å². The minimum absolute atomic E-state index is 0.0162. The Hall–Kier alpha value is -3.80. The maximum absolute atomic E-state index is 10.4. The Morgan fingerprint density at radius 3 is 1.88 bits per heavy atom. The summed E-state index contributed by atoms with van der Waals surface area (Å²) in [4.78, 5) is 0. The lowest BCUT2D eigenvalue weighted by Crippen LogP contribution is -2.15. The van der Waals surface area contributed by atoms with E-state index in [9.17, 15) is 15.6 Å². The van der Waals surface area contributed by atoms with Gasteiger partial charge in [-0.05, 0) is 51.5 Å². The fourth-order valence-electron chi connectivity index (χ4n) is 5.90. The first-order valence-electron chi connectivity index (χ1n) is 11.0. The van der Waals surface area contributed by atoms with Crippen molar-refractivity contribution >= 4 is 43.6 Å². The lowest BCUT2D eigenvalue weighted by molar-refractivity contribution is 0.215. The van der Waals surface area contributed by atoms with Crippen LogP contribution in [0.1, 0.15) is 47.7 Å². The fraction of sp³-hybridized carbons (Fsp3) is 0.259. The molecule has 3 aromatic carbocycles. The average molecular weight is 419 g/mol. The van der Waals surface area contributed by atoms with Crippen LogP contribution in [-0.4, -0.2) is 20.8 Å². The van der Waals surface area contributed by atoms with Gasteiger partial charge >= 0.3 is 0 Å². The Bertz CT molecular complexity index is 1700. The molecular formula is C27H22N4O. The lowest BCUT2D eigenvalue weighted by Gasteiger charge is -2.21. The molecule has 156 valence electrons. The van der Waals surface area contributed by atoms with Crippen LogP contribution in [0, 0.1) is 36.5 Å². The monoisotopic (exact) mass is 418 g/mol. The summed E-state index contributed by atoms with van der Waals surface area (Å²) in [5, 5.41) is 34.6. The molecule has 1 aliphatic heterocycles. The largest absolute Gasteiger partial charge is 0.394 e. The number of nitriles is 2. The van der Waals surface area contributed by atoms with Gasteiger partial charge in [-0.1, -0.05) is 23.3 Å². The first-order chi connectivity index (χ1) is 15.5. The van der Waals surface area contributed by atoms with Crippen LogP contribution in [0.3, 0.4) is 0 Å². The van der Waals surface area contributed by atoms with E-state index in [1.54, 1.807) is 0 Å². The number of aryl methyl sites for hydroxylation is 2. The second-order valence-electron chi connectivity index (χ2n) is 9.12. The molecule has 0 fully saturated rings. The number of aliphatic hydroxyl groups is 1. The van der Waals surface area contributed by atoms with Crippen LogP contribution >= 0.6 is 0 Å². The van der Waals surface area contributed by atoms with Crippen molar-refractivity contribution < 1.29 is 5.11 Å². The van der Waals surface area contributed by atoms with Crippen molar-refractivity contribution in [2.75, 3.05) is 6.61 Å². The summed E-state index contributed by atoms with van der Waals surface area (Å²) in [7, 11) is 0. The average Bonchev–Trinajstić information content (AvgIpc) is 3.24. The van der Waals surface area contributed by atoms with E-state index in [1.165, 1.54) is 0 Å². The van der Waals surface area contributed by atoms with Gasteiger partial charge in [-0.3, -0.25) is 0 Å². The van der Waals surface area contributed by atoms with Gasteiger partial charge in [0.25, 0.3) is 0 Å². The second kappa shape index (κ2) is 6.36. The van der Waals surface area contributed by atoms with Gasteiger partial charge in [0.2, 0.25) is 0 Å². The van der Waals surface area contributed by atoms with Crippen LogP contribution in [-0.2, 0) is 0 Å². The first-order valence-corrected chi connectivity index (χ1v) is 11.0. The highest BCUT2D eigenvalue weighted by atomic mass is 16.3. The number of fused-ring (bicyclic) bond motifs is 6. The number of aromatic nitrogens is 2. The quantitative estimate of drug-likeness (QED) is 0.376. The van der Waals surface area contributed by atoms with Crippen LogP contribution in [0.5, 0.6) is 0 Å². The van der Waals surface area contributed by atoms with Crippen molar-refractivity contribution in [1.29, 1.82) is 10.5 Å². The van der Waals surface area contributed by atoms with Gasteiger partial charge in [-0.15, -0.1) is 0 Å². The molecule has 5 nitrogen and oxygen atoms in total. The molecule has 32 heavy (non-hydrogen) atoms. The summed E-state index contributed by atoms with van der Waals surface area (Å²) >= 11 is 0. The molecule has 0 bridgehead atoms. The van der Waals surface area contributed by atoms with Gasteiger partial charge < -0.3 is 14.2 Å². The molecule has 0 saturated heterocycles. The number of rotatable bonds is 1. The minimum atomic E-state index is -0.115. The van der Waals surface area contributed by atoms with Crippen molar-refractivity contribution in [3.05, 3.63) is 58.7 Å². The summed E-state index contributed by atoms with van der Waals surface area (Å²) < 4.78 is 4.55. The minimum Gasteiger partial charge on any atom is -0.394 e. The Balaban J connectivity index is 2.07. The third-order valence-corrected chi connectivity index (χ3v) is 7.15. The summed E-state index contributed by atoms with van der Waals surface area (Å²) in [5.74, 6) is 0. The first kappa shape index (κ1) is 18.9. The van der Waals surface area contributed by atoms with Crippen molar-refractivity contribution in [2.24, 2.45) is 0 Å². The van der Waals surface area contributed by atoms with Gasteiger partial charge in [0, 0.05) is 38.6 Å². The van der Waals surface area contributed by atoms with Crippen LogP contribution in [0.15, 0.2) is 36.4 Å². The smallest absolute Gasteiger partial charge is 0.101 e. The summed E-state index contributed by atoms with van der Waals surface area (Å²) in [5.41, 5.74) is 7.10. The molecule has 5 aromatic rings. The maximum atomic E-state index is 10.4. The van der Waals surface area contributed by atoms with E-state index in [2.05, 4.69) is 71.5 Å². The summed E-state index contributed by atoms with van der Waals surface area (Å²) in [6.45, 7) is 6.28. The molecule has 2 aromatic heterocycles. The van der Waals surface area contributed by atoms with Gasteiger partial charge in [-0.25, -0.2) is 0 Å². The molecule has 3 heterocycles. The SMILES string of the molecule is Cc1ccc2c(c1)c1c(C#N)c(C#N)c3c4cc(C)ccc4n4c3c1n2C(C)CC4CO. The Morgan fingerprint density at radius 1 is 0.875 bits per heavy atom. The molecule has 6 rings (SSSR count). The van der Waals surface area contributed by atoms with Crippen LogP contribution in [0.2, 0.25) is 0 Å². The number of hydrogen-bond donors (Lipinski definition) is 1. The van der Waals surface area contributed by atoms with E-state index >= 15 is 0 Å². The summed E-state index contributed by atoms with van der Waals surface area (Å²) in [6.07, 6.45) is 0.758. The third kappa shape index (κ3) is 2.14. The van der Waals surface area contributed by atoms with Gasteiger partial charge in [-0.2, -0.15) is 10.5 Å². The van der Waals surface area contributed by atoms with Gasteiger partial charge in [0.15, 0.2) is 0 Å². The van der Waals surface area contributed by atoms with Crippen LogP contribution in [0.4, 0.5) is 0 Å². The predicted octanol–water partition coefficient (Wildman–Crippen LogP) is 5.76. The second-order valence-corrected chi connectivity index (χ2v) is 9.12. The molecule has 0 saturated carbocycles. The molecule has 0 aliphatic carbocycles. The number of nitrogens with zero attached hydrogens (tertiary/aromatic N) is 4. The van der Waals surface area contributed by atoms with Crippen molar-refractivity contribution in [3.63, 3.8) is 0 Å². The van der Waals surface area contributed by atoms with E-state index in [4.69, 9.17) is 0 Å². The molecule has 1 N–H and O–H groups in total. The standard InChI is InChI=1S/C27H22N4O/c1-14-4-6-22-18(8-14)24-20(11-28)21(12-29)25-19-9-15(2)5-7-23(19)31-17(13-32)10-16(3)30(22)26(24)27(25)31/h4-9,16-17,32H,10,13H2,1-3H3. The molecule has 0 amide bonds. The third-order valence-electron chi connectivity index (χ3n) is 7.15. The van der Waals surface area contributed by atoms with E-state index in [0.717, 1.165) is 61.2 Å². The normalized spacial score (nSPS) is 17.9. The lowest BCUT2D eigenvalue weighted by atomic mass is 9.96. The zero-order valence-corrected chi connectivity index (χ0v) is 18.3. The molecular weight excluding hydrogens is 396 g/mol. The topological polar surface area (TPSA) is 77.7 Å². The van der Waals surface area contributed by atoms with Gasteiger partial charge in [0.05, 0.1) is 34.8 Å². The molecule has 5 heteroatoms. The van der Waals surface area contributed by atoms with Crippen LogP contribution in [0.25, 0.3) is 43.6 Å². The zero-order chi connectivity index (χ0) is 22.3. The molecule has 0 spiro atoms. The highest BCUT2D eigenvalue weighted by Gasteiger charge is 2.33. The molecule has 2 unspecified atom stereocenters. The van der Waals surface area contributed by atoms with E-state index in [1.807, 2.05) is 6.92 Å². The van der Waals surface area contributed by atoms with Crippen molar-refractivity contribution in [2.45, 2.75) is 39.3 Å². The molecule has 0 radical (unpaired) electrons. The number of hydrogen-bond acceptors (Lipinski definition) is 3. The number of aliphatic hydroxyl groups excluding tert-OH is 1. The highest BCUT2D eigenvalue weighted by molar-refractivity contribution is 6.26. The fourth-order valence-corrected chi connectivity index (χ4v) is 5.90. The Labute approximate surface area is 185 Å².